The Morgan fingerprint density at radius 1 is 1.40 bits per heavy atom. The summed E-state index contributed by atoms with van der Waals surface area (Å²) in [6.07, 6.45) is 0.919. The van der Waals surface area contributed by atoms with Crippen LogP contribution in [-0.4, -0.2) is 67.8 Å². The average molecular weight is 308 g/mol. The summed E-state index contributed by atoms with van der Waals surface area (Å²) in [7, 11) is -2.41. The molecule has 2 N–H and O–H groups in total. The van der Waals surface area contributed by atoms with Crippen molar-refractivity contribution in [2.75, 3.05) is 26.8 Å². The third kappa shape index (κ3) is 4.15. The molecular weight excluding hydrogens is 288 g/mol. The smallest absolute Gasteiger partial charge is 0.323 e. The van der Waals surface area contributed by atoms with Crippen LogP contribution in [0.4, 0.5) is 0 Å². The first kappa shape index (κ1) is 16.9. The number of hydrogen-bond donors (Lipinski definition) is 2. The van der Waals surface area contributed by atoms with E-state index in [1.807, 2.05) is 0 Å². The molecule has 1 rings (SSSR count). The average Bonchev–Trinajstić information content (AvgIpc) is 2.38. The molecule has 1 aliphatic heterocycles. The van der Waals surface area contributed by atoms with Gasteiger partial charge in [0.25, 0.3) is 0 Å². The van der Waals surface area contributed by atoms with Crippen LogP contribution in [0.15, 0.2) is 0 Å². The topological polar surface area (TPSA) is 113 Å². The monoisotopic (exact) mass is 308 g/mol. The number of amides is 1. The molecule has 1 fully saturated rings. The van der Waals surface area contributed by atoms with Gasteiger partial charge in [-0.15, -0.1) is 0 Å². The van der Waals surface area contributed by atoms with Crippen LogP contribution in [0.3, 0.4) is 0 Å². The summed E-state index contributed by atoms with van der Waals surface area (Å²) in [5, 5.41) is 10.1. The number of nitrogens with one attached hydrogen (secondary N) is 1. The summed E-state index contributed by atoms with van der Waals surface area (Å²) in [5.41, 5.74) is 0. The Labute approximate surface area is 118 Å². The fraction of sp³-hybridized carbons (Fsp3) is 0.818. The van der Waals surface area contributed by atoms with E-state index >= 15 is 0 Å². The van der Waals surface area contributed by atoms with Crippen molar-refractivity contribution in [3.05, 3.63) is 0 Å². The highest BCUT2D eigenvalue weighted by atomic mass is 32.2. The zero-order valence-corrected chi connectivity index (χ0v) is 12.4. The maximum absolute atomic E-state index is 12.0. The number of carbonyl (C=O) groups excluding carboxylic acids is 1. The van der Waals surface area contributed by atoms with Gasteiger partial charge in [0.05, 0.1) is 0 Å². The van der Waals surface area contributed by atoms with E-state index in [4.69, 9.17) is 9.84 Å². The van der Waals surface area contributed by atoms with Crippen molar-refractivity contribution >= 4 is 21.9 Å². The molecule has 1 saturated heterocycles. The van der Waals surface area contributed by atoms with Crippen LogP contribution in [0.25, 0.3) is 0 Å². The molecule has 1 aliphatic rings. The van der Waals surface area contributed by atoms with Gasteiger partial charge in [-0.2, -0.15) is 0 Å². The Morgan fingerprint density at radius 3 is 2.40 bits per heavy atom. The molecule has 20 heavy (non-hydrogen) atoms. The molecule has 1 amide bonds. The predicted octanol–water partition coefficient (Wildman–Crippen LogP) is -0.984. The number of piperidine rings is 1. The normalized spacial score (nSPS) is 19.5. The van der Waals surface area contributed by atoms with E-state index in [2.05, 4.69) is 5.32 Å². The van der Waals surface area contributed by atoms with Gasteiger partial charge in [-0.05, 0) is 19.8 Å². The first-order chi connectivity index (χ1) is 9.28. The number of aliphatic carboxylic acids is 1. The molecule has 0 saturated carbocycles. The lowest BCUT2D eigenvalue weighted by Crippen LogP contribution is -2.50. The quantitative estimate of drug-likeness (QED) is 0.652. The van der Waals surface area contributed by atoms with E-state index in [9.17, 15) is 18.0 Å². The van der Waals surface area contributed by atoms with E-state index in [-0.39, 0.29) is 31.6 Å². The van der Waals surface area contributed by atoms with Crippen molar-refractivity contribution < 1.29 is 27.9 Å². The second kappa shape index (κ2) is 7.00. The van der Waals surface area contributed by atoms with Gasteiger partial charge in [0.15, 0.2) is 5.25 Å². The number of carboxylic acids is 1. The van der Waals surface area contributed by atoms with E-state index < -0.39 is 21.2 Å². The number of carboxylic acid groups (broad SMARTS) is 1. The van der Waals surface area contributed by atoms with Gasteiger partial charge in [-0.25, -0.2) is 12.7 Å². The molecule has 116 valence electrons. The van der Waals surface area contributed by atoms with E-state index in [1.54, 1.807) is 0 Å². The van der Waals surface area contributed by atoms with E-state index in [1.165, 1.54) is 11.4 Å². The highest BCUT2D eigenvalue weighted by molar-refractivity contribution is 7.90. The Kier molecular flexibility index (Phi) is 5.90. The van der Waals surface area contributed by atoms with Gasteiger partial charge >= 0.3 is 5.97 Å². The lowest BCUT2D eigenvalue weighted by Gasteiger charge is -2.32. The van der Waals surface area contributed by atoms with Crippen LogP contribution in [0.5, 0.6) is 0 Å². The summed E-state index contributed by atoms with van der Waals surface area (Å²) in [5.74, 6) is -1.60. The molecule has 1 unspecified atom stereocenters. The maximum Gasteiger partial charge on any atom is 0.323 e. The number of hydrogen-bond acceptors (Lipinski definition) is 5. The van der Waals surface area contributed by atoms with Crippen LogP contribution in [0.1, 0.15) is 19.8 Å². The van der Waals surface area contributed by atoms with Gasteiger partial charge < -0.3 is 15.2 Å². The largest absolute Gasteiger partial charge is 0.480 e. The van der Waals surface area contributed by atoms with Crippen molar-refractivity contribution in [1.29, 1.82) is 0 Å². The zero-order valence-electron chi connectivity index (χ0n) is 11.5. The first-order valence-corrected chi connectivity index (χ1v) is 7.79. The summed E-state index contributed by atoms with van der Waals surface area (Å²) < 4.78 is 29.9. The van der Waals surface area contributed by atoms with Crippen molar-refractivity contribution in [3.8, 4) is 0 Å². The van der Waals surface area contributed by atoms with E-state index in [0.29, 0.717) is 12.8 Å². The second-order valence-corrected chi connectivity index (χ2v) is 6.95. The summed E-state index contributed by atoms with van der Waals surface area (Å²) in [4.78, 5) is 22.1. The van der Waals surface area contributed by atoms with Gasteiger partial charge in [-0.1, -0.05) is 0 Å². The third-order valence-electron chi connectivity index (χ3n) is 3.25. The lowest BCUT2D eigenvalue weighted by atomic mass is 10.1. The first-order valence-electron chi connectivity index (χ1n) is 6.29. The summed E-state index contributed by atoms with van der Waals surface area (Å²) in [6, 6.07) is -0.107. The number of ether oxygens (including phenoxy) is 1. The minimum absolute atomic E-state index is 0.0332. The highest BCUT2D eigenvalue weighted by Crippen LogP contribution is 2.17. The fourth-order valence-electron chi connectivity index (χ4n) is 2.01. The molecule has 0 radical (unpaired) electrons. The number of rotatable bonds is 6. The molecular formula is C11H20N2O6S. The Morgan fingerprint density at radius 2 is 1.95 bits per heavy atom. The Bertz CT molecular complexity index is 456. The summed E-state index contributed by atoms with van der Waals surface area (Å²) in [6.45, 7) is 1.54. The van der Waals surface area contributed by atoms with Crippen LogP contribution in [0.2, 0.25) is 0 Å². The van der Waals surface area contributed by atoms with Gasteiger partial charge in [0, 0.05) is 26.2 Å². The molecule has 0 aromatic rings. The Hall–Kier alpha value is -1.19. The molecule has 8 nitrogen and oxygen atoms in total. The number of nitrogens with zero attached hydrogens (tertiary/aromatic N) is 1. The zero-order chi connectivity index (χ0) is 15.3. The molecule has 0 aliphatic carbocycles. The Balaban J connectivity index is 2.54. The van der Waals surface area contributed by atoms with Gasteiger partial charge in [-0.3, -0.25) is 9.59 Å². The minimum atomic E-state index is -3.83. The van der Waals surface area contributed by atoms with Crippen LogP contribution >= 0.6 is 0 Å². The third-order valence-corrected chi connectivity index (χ3v) is 5.43. The fourth-order valence-corrected chi connectivity index (χ4v) is 3.43. The molecule has 0 aromatic heterocycles. The predicted molar refractivity (Wildman–Crippen MR) is 70.6 cm³/mol. The molecule has 0 bridgehead atoms. The molecule has 1 atom stereocenters. The SMILES string of the molecule is COCC(=O)NC1CCN(S(=O)(=O)C(C)C(=O)O)CC1. The minimum Gasteiger partial charge on any atom is -0.480 e. The molecule has 9 heteroatoms. The van der Waals surface area contributed by atoms with Crippen LogP contribution < -0.4 is 5.32 Å². The van der Waals surface area contributed by atoms with Crippen molar-refractivity contribution in [3.63, 3.8) is 0 Å². The van der Waals surface area contributed by atoms with Crippen molar-refractivity contribution in [1.82, 2.24) is 9.62 Å². The number of sulfonamides is 1. The number of methoxy groups -OCH3 is 1. The second-order valence-electron chi connectivity index (χ2n) is 4.70. The van der Waals surface area contributed by atoms with Crippen molar-refractivity contribution in [2.45, 2.75) is 31.1 Å². The molecule has 0 spiro atoms. The summed E-state index contributed by atoms with van der Waals surface area (Å²) >= 11 is 0. The lowest BCUT2D eigenvalue weighted by molar-refractivity contribution is -0.136. The molecule has 0 aromatic carbocycles. The van der Waals surface area contributed by atoms with Gasteiger partial charge in [0.1, 0.15) is 6.61 Å². The highest BCUT2D eigenvalue weighted by Gasteiger charge is 2.36. The van der Waals surface area contributed by atoms with Crippen LogP contribution in [0, 0.1) is 0 Å². The standard InChI is InChI=1S/C11H20N2O6S/c1-8(11(15)16)20(17,18)13-5-3-9(4-6-13)12-10(14)7-19-2/h8-9H,3-7H2,1-2H3,(H,12,14)(H,15,16). The van der Waals surface area contributed by atoms with Crippen molar-refractivity contribution in [2.24, 2.45) is 0 Å². The van der Waals surface area contributed by atoms with Gasteiger partial charge in [0.2, 0.25) is 15.9 Å². The number of carbonyl (C=O) groups is 2. The van der Waals surface area contributed by atoms with E-state index in [0.717, 1.165) is 6.92 Å². The molecule has 1 heterocycles. The maximum atomic E-state index is 12.0. The van der Waals surface area contributed by atoms with Crippen LogP contribution in [-0.2, 0) is 24.3 Å².